The summed E-state index contributed by atoms with van der Waals surface area (Å²) in [5, 5.41) is 9.75. The molecule has 3 N–H and O–H groups in total. The van der Waals surface area contributed by atoms with Gasteiger partial charge in [0.05, 0.1) is 6.61 Å². The van der Waals surface area contributed by atoms with E-state index in [1.807, 2.05) is 91.0 Å². The lowest BCUT2D eigenvalue weighted by Gasteiger charge is -2.31. The maximum atomic E-state index is 14.4. The molecular weight excluding hydrogens is 654 g/mol. The second-order valence-electron chi connectivity index (χ2n) is 13.1. The third kappa shape index (κ3) is 9.50. The Morgan fingerprint density at radius 3 is 2.24 bits per heavy atom. The summed E-state index contributed by atoms with van der Waals surface area (Å²) in [6.07, 6.45) is 0.185. The number of carbonyl (C=O) groups is 2. The molecule has 0 unspecified atom stereocenters. The Morgan fingerprint density at radius 1 is 0.900 bits per heavy atom. The minimum atomic E-state index is -1.53. The van der Waals surface area contributed by atoms with Crippen LogP contribution in [-0.2, 0) is 25.5 Å². The summed E-state index contributed by atoms with van der Waals surface area (Å²) in [5.41, 5.74) is 8.06. The summed E-state index contributed by atoms with van der Waals surface area (Å²) in [6.45, 7) is 6.24. The van der Waals surface area contributed by atoms with Crippen LogP contribution in [0.25, 0.3) is 11.1 Å². The second-order valence-corrected chi connectivity index (χ2v) is 13.5. The molecule has 0 radical (unpaired) electrons. The normalized spacial score (nSPS) is 17.1. The lowest BCUT2D eigenvalue weighted by molar-refractivity contribution is -0.155. The Morgan fingerprint density at radius 2 is 1.56 bits per heavy atom. The highest BCUT2D eigenvalue weighted by atomic mass is 35.5. The number of benzene rings is 4. The first-order valence-corrected chi connectivity index (χ1v) is 17.2. The van der Waals surface area contributed by atoms with Crippen molar-refractivity contribution in [2.24, 2.45) is 4.99 Å². The topological polar surface area (TPSA) is 118 Å². The third-order valence-electron chi connectivity index (χ3n) is 8.16. The summed E-state index contributed by atoms with van der Waals surface area (Å²) >= 11 is 6.35. The van der Waals surface area contributed by atoms with Crippen molar-refractivity contribution in [1.82, 2.24) is 10.9 Å². The molecular formula is C40H44ClN3O6. The van der Waals surface area contributed by atoms with Crippen molar-refractivity contribution < 1.29 is 28.9 Å². The van der Waals surface area contributed by atoms with Crippen molar-refractivity contribution in [3.8, 4) is 16.9 Å². The van der Waals surface area contributed by atoms with Gasteiger partial charge in [-0.3, -0.25) is 15.0 Å². The van der Waals surface area contributed by atoms with Gasteiger partial charge < -0.3 is 19.3 Å². The van der Waals surface area contributed by atoms with E-state index in [4.69, 9.17) is 35.9 Å². The van der Waals surface area contributed by atoms with Gasteiger partial charge in [-0.05, 0) is 86.2 Å². The number of aliphatic imine (C=N–C) groups is 1. The largest absolute Gasteiger partial charge is 0.494 e. The van der Waals surface area contributed by atoms with E-state index in [1.54, 1.807) is 32.9 Å². The number of rotatable bonds is 15. The number of nitrogens with zero attached hydrogens (tertiary/aromatic N) is 1. The standard InChI is InChI=1S/C40H44ClN3O6/c1-39(2,3)50-35(46)22-24-40(38(47)44-42-25-23-30-12-7-8-13-34(30)41)36(31-16-14-29(15-17-31)28-10-5-4-6-11-28)49-37(43-40)32-18-20-33(21-19-32)48-27-9-26-45/h4-8,10-21,36,42,45H,9,22-27H2,1-3H3,(H,44,47)/t36-,40-/m0/s1. The zero-order valence-corrected chi connectivity index (χ0v) is 29.4. The summed E-state index contributed by atoms with van der Waals surface area (Å²) < 4.78 is 17.9. The quantitative estimate of drug-likeness (QED) is 0.0695. The van der Waals surface area contributed by atoms with Crippen LogP contribution in [0, 0.1) is 0 Å². The van der Waals surface area contributed by atoms with Crippen LogP contribution in [0.3, 0.4) is 0 Å². The van der Waals surface area contributed by atoms with Crippen molar-refractivity contribution >= 4 is 29.4 Å². The zero-order chi connectivity index (χ0) is 35.6. The predicted octanol–water partition coefficient (Wildman–Crippen LogP) is 7.01. The SMILES string of the molecule is CC(C)(C)OC(=O)CC[C@]1(C(=O)NNCCc2ccccc2Cl)N=C(c2ccc(OCCCO)cc2)O[C@H]1c1ccc(-c2ccccc2)cc1. The van der Waals surface area contributed by atoms with Crippen molar-refractivity contribution in [2.75, 3.05) is 19.8 Å². The van der Waals surface area contributed by atoms with Gasteiger partial charge in [-0.2, -0.15) is 0 Å². The van der Waals surface area contributed by atoms with Crippen LogP contribution in [0.5, 0.6) is 5.75 Å². The van der Waals surface area contributed by atoms with Crippen molar-refractivity contribution in [3.63, 3.8) is 0 Å². The van der Waals surface area contributed by atoms with E-state index >= 15 is 0 Å². The van der Waals surface area contributed by atoms with Gasteiger partial charge >= 0.3 is 5.97 Å². The van der Waals surface area contributed by atoms with E-state index in [0.717, 1.165) is 22.3 Å². The Balaban J connectivity index is 1.48. The minimum absolute atomic E-state index is 0.0247. The molecule has 0 saturated heterocycles. The van der Waals surface area contributed by atoms with Crippen molar-refractivity contribution in [1.29, 1.82) is 0 Å². The first kappa shape index (κ1) is 36.6. The molecule has 262 valence electrons. The molecule has 1 heterocycles. The first-order chi connectivity index (χ1) is 24.1. The monoisotopic (exact) mass is 697 g/mol. The molecule has 0 aliphatic carbocycles. The molecule has 0 fully saturated rings. The molecule has 1 aliphatic rings. The molecule has 10 heteroatoms. The fraction of sp³-hybridized carbons (Fsp3) is 0.325. The van der Waals surface area contributed by atoms with Gasteiger partial charge in [0.25, 0.3) is 5.91 Å². The predicted molar refractivity (Wildman–Crippen MR) is 195 cm³/mol. The number of halogens is 1. The maximum absolute atomic E-state index is 14.4. The number of nitrogens with one attached hydrogen (secondary N) is 2. The number of hydrogen-bond donors (Lipinski definition) is 3. The average Bonchev–Trinajstić information content (AvgIpc) is 3.51. The number of esters is 1. The third-order valence-corrected chi connectivity index (χ3v) is 8.53. The summed E-state index contributed by atoms with van der Waals surface area (Å²) in [5.74, 6) is 0.00354. The van der Waals surface area contributed by atoms with Gasteiger partial charge in [0, 0.05) is 36.6 Å². The van der Waals surface area contributed by atoms with Gasteiger partial charge in [0.15, 0.2) is 11.6 Å². The second kappa shape index (κ2) is 16.8. The lowest BCUT2D eigenvalue weighted by Crippen LogP contribution is -2.53. The Hall–Kier alpha value is -4.70. The summed E-state index contributed by atoms with van der Waals surface area (Å²) in [6, 6.07) is 32.6. The van der Waals surface area contributed by atoms with Gasteiger partial charge in [0.1, 0.15) is 11.4 Å². The van der Waals surface area contributed by atoms with Crippen molar-refractivity contribution in [2.45, 2.75) is 63.7 Å². The average molecular weight is 698 g/mol. The number of ether oxygens (including phenoxy) is 3. The van der Waals surface area contributed by atoms with Crippen LogP contribution in [-0.4, -0.2) is 53.8 Å². The van der Waals surface area contributed by atoms with Crippen LogP contribution in [0.1, 0.15) is 62.8 Å². The number of hydrazine groups is 1. The molecule has 2 atom stereocenters. The van der Waals surface area contributed by atoms with Crippen molar-refractivity contribution in [3.05, 3.63) is 125 Å². The lowest BCUT2D eigenvalue weighted by atomic mass is 9.83. The number of carbonyl (C=O) groups excluding carboxylic acids is 2. The molecule has 1 amide bonds. The molecule has 9 nitrogen and oxygen atoms in total. The fourth-order valence-electron chi connectivity index (χ4n) is 5.69. The molecule has 5 rings (SSSR count). The van der Waals surface area contributed by atoms with E-state index in [-0.39, 0.29) is 25.3 Å². The molecule has 4 aromatic rings. The smallest absolute Gasteiger partial charge is 0.306 e. The molecule has 0 saturated carbocycles. The van der Waals surface area contributed by atoms with Gasteiger partial charge in [0.2, 0.25) is 5.90 Å². The van der Waals surface area contributed by atoms with Gasteiger partial charge in [-0.1, -0.05) is 84.4 Å². The van der Waals surface area contributed by atoms with Crippen LogP contribution in [0.15, 0.2) is 108 Å². The van der Waals surface area contributed by atoms with E-state index in [0.29, 0.717) is 42.3 Å². The molecule has 4 aromatic carbocycles. The first-order valence-electron chi connectivity index (χ1n) is 16.8. The van der Waals surface area contributed by atoms with Gasteiger partial charge in [-0.25, -0.2) is 10.4 Å². The zero-order valence-electron chi connectivity index (χ0n) is 28.7. The maximum Gasteiger partial charge on any atom is 0.306 e. The molecule has 50 heavy (non-hydrogen) atoms. The van der Waals surface area contributed by atoms with Gasteiger partial charge in [-0.15, -0.1) is 0 Å². The van der Waals surface area contributed by atoms with Crippen LogP contribution in [0.4, 0.5) is 0 Å². The van der Waals surface area contributed by atoms with Crippen LogP contribution >= 0.6 is 11.6 Å². The molecule has 0 spiro atoms. The minimum Gasteiger partial charge on any atom is -0.494 e. The summed E-state index contributed by atoms with van der Waals surface area (Å²) in [7, 11) is 0. The summed E-state index contributed by atoms with van der Waals surface area (Å²) in [4.78, 5) is 32.5. The number of aliphatic hydroxyl groups is 1. The van der Waals surface area contributed by atoms with E-state index in [1.165, 1.54) is 0 Å². The van der Waals surface area contributed by atoms with E-state index in [2.05, 4.69) is 10.9 Å². The van der Waals surface area contributed by atoms with Crippen LogP contribution < -0.4 is 15.6 Å². The highest BCUT2D eigenvalue weighted by molar-refractivity contribution is 6.31. The van der Waals surface area contributed by atoms with E-state index < -0.39 is 29.1 Å². The number of amides is 1. The Bertz CT molecular complexity index is 1760. The van der Waals surface area contributed by atoms with E-state index in [9.17, 15) is 9.59 Å². The Labute approximate surface area is 298 Å². The molecule has 0 bridgehead atoms. The Kier molecular flexibility index (Phi) is 12.3. The molecule has 0 aromatic heterocycles. The molecule has 1 aliphatic heterocycles. The number of aliphatic hydroxyl groups excluding tert-OH is 1. The van der Waals surface area contributed by atoms with Crippen LogP contribution in [0.2, 0.25) is 5.02 Å². The fourth-order valence-corrected chi connectivity index (χ4v) is 5.92. The highest BCUT2D eigenvalue weighted by Gasteiger charge is 2.53. The number of hydrogen-bond acceptors (Lipinski definition) is 8. The highest BCUT2D eigenvalue weighted by Crippen LogP contribution is 2.44.